The molecule has 0 spiro atoms. The van der Waals surface area contributed by atoms with Gasteiger partial charge in [0.1, 0.15) is 5.82 Å². The zero-order chi connectivity index (χ0) is 17.7. The van der Waals surface area contributed by atoms with Crippen LogP contribution in [0.5, 0.6) is 0 Å². The van der Waals surface area contributed by atoms with Gasteiger partial charge in [0, 0.05) is 32.9 Å². The van der Waals surface area contributed by atoms with Crippen LogP contribution in [0.1, 0.15) is 18.1 Å². The van der Waals surface area contributed by atoms with Gasteiger partial charge in [-0.3, -0.25) is 0 Å². The van der Waals surface area contributed by atoms with E-state index in [1.165, 1.54) is 6.07 Å². The van der Waals surface area contributed by atoms with Gasteiger partial charge in [0.2, 0.25) is 0 Å². The summed E-state index contributed by atoms with van der Waals surface area (Å²) >= 11 is 6.38. The van der Waals surface area contributed by atoms with Crippen LogP contribution >= 0.6 is 24.0 Å². The molecule has 0 N–H and O–H groups in total. The molecule has 0 aromatic heterocycles. The van der Waals surface area contributed by atoms with E-state index in [0.29, 0.717) is 11.6 Å². The van der Waals surface area contributed by atoms with Crippen LogP contribution in [0.25, 0.3) is 0 Å². The Bertz CT molecular complexity index is 735. The molecule has 0 radical (unpaired) electrons. The van der Waals surface area contributed by atoms with Gasteiger partial charge in [-0.25, -0.2) is 9.38 Å². The Hall–Kier alpha value is -1.78. The molecule has 3 nitrogen and oxygen atoms in total. The zero-order valence-corrected chi connectivity index (χ0v) is 16.5. The van der Waals surface area contributed by atoms with Crippen molar-refractivity contribution in [2.45, 2.75) is 20.4 Å². The van der Waals surface area contributed by atoms with Crippen molar-refractivity contribution in [2.75, 3.05) is 25.5 Å². The molecule has 2 aromatic carbocycles. The van der Waals surface area contributed by atoms with Crippen LogP contribution in [0.2, 0.25) is 5.02 Å². The van der Waals surface area contributed by atoms with E-state index >= 15 is 0 Å². The Kier molecular flexibility index (Phi) is 8.20. The van der Waals surface area contributed by atoms with Gasteiger partial charge < -0.3 is 9.80 Å². The van der Waals surface area contributed by atoms with Gasteiger partial charge in [0.05, 0.1) is 17.0 Å². The van der Waals surface area contributed by atoms with Gasteiger partial charge in [-0.1, -0.05) is 23.7 Å². The van der Waals surface area contributed by atoms with E-state index in [2.05, 4.69) is 16.8 Å². The summed E-state index contributed by atoms with van der Waals surface area (Å²) in [5.41, 5.74) is 3.74. The quantitative estimate of drug-likeness (QED) is 0.487. The van der Waals surface area contributed by atoms with E-state index in [-0.39, 0.29) is 18.2 Å². The van der Waals surface area contributed by atoms with Gasteiger partial charge in [-0.05, 0) is 49.2 Å². The second-order valence-corrected chi connectivity index (χ2v) is 6.30. The molecule has 0 unspecified atom stereocenters. The number of nitrogens with zero attached hydrogens (tertiary/aromatic N) is 3. The minimum atomic E-state index is -0.222. The van der Waals surface area contributed by atoms with Crippen molar-refractivity contribution in [2.24, 2.45) is 4.99 Å². The first kappa shape index (κ1) is 21.3. The van der Waals surface area contributed by atoms with Crippen LogP contribution in [0.4, 0.5) is 15.8 Å². The lowest BCUT2D eigenvalue weighted by atomic mass is 10.1. The largest absolute Gasteiger partial charge is 0.370 e. The highest BCUT2D eigenvalue weighted by atomic mass is 35.5. The Morgan fingerprint density at radius 2 is 1.92 bits per heavy atom. The molecule has 0 aliphatic rings. The molecule has 0 amide bonds. The van der Waals surface area contributed by atoms with E-state index in [1.54, 1.807) is 18.5 Å². The minimum absolute atomic E-state index is 0. The molecule has 0 fully saturated rings. The van der Waals surface area contributed by atoms with E-state index in [0.717, 1.165) is 29.0 Å². The molecular weight excluding hydrogens is 360 g/mol. The zero-order valence-electron chi connectivity index (χ0n) is 15.0. The maximum atomic E-state index is 13.3. The minimum Gasteiger partial charge on any atom is -0.370 e. The normalized spacial score (nSPS) is 10.6. The van der Waals surface area contributed by atoms with E-state index < -0.39 is 0 Å². The van der Waals surface area contributed by atoms with Crippen molar-refractivity contribution in [1.82, 2.24) is 4.90 Å². The number of anilines is 1. The fourth-order valence-corrected chi connectivity index (χ4v) is 2.61. The number of rotatable bonds is 6. The third kappa shape index (κ3) is 5.91. The molecule has 6 heteroatoms. The summed E-state index contributed by atoms with van der Waals surface area (Å²) in [7, 11) is 3.93. The van der Waals surface area contributed by atoms with Crippen molar-refractivity contribution in [3.05, 3.63) is 58.4 Å². The number of hydrogen-bond acceptors (Lipinski definition) is 2. The third-order valence-corrected chi connectivity index (χ3v) is 4.18. The highest BCUT2D eigenvalue weighted by Gasteiger charge is 2.10. The topological polar surface area (TPSA) is 18.8 Å². The van der Waals surface area contributed by atoms with Crippen LogP contribution < -0.4 is 4.90 Å². The highest BCUT2D eigenvalue weighted by molar-refractivity contribution is 6.33. The first-order chi connectivity index (χ1) is 11.4. The molecule has 0 saturated carbocycles. The average molecular weight is 384 g/mol. The Balaban J connectivity index is 0.00000312. The van der Waals surface area contributed by atoms with Crippen molar-refractivity contribution >= 4 is 41.7 Å². The maximum absolute atomic E-state index is 13.3. The summed E-state index contributed by atoms with van der Waals surface area (Å²) in [6.45, 7) is 5.57. The standard InChI is InChI=1S/C19H23ClFN3.ClH/c1-5-23(3)13-22-18-9-14(2)19(11-17(18)20)24(4)12-15-7-6-8-16(21)10-15;/h6-11,13H,5,12H2,1-4H3;1H. The summed E-state index contributed by atoms with van der Waals surface area (Å²) < 4.78 is 13.3. The fourth-order valence-electron chi connectivity index (χ4n) is 2.40. The Labute approximate surface area is 160 Å². The molecule has 25 heavy (non-hydrogen) atoms. The van der Waals surface area contributed by atoms with Gasteiger partial charge in [-0.2, -0.15) is 0 Å². The summed E-state index contributed by atoms with van der Waals surface area (Å²) in [6, 6.07) is 10.5. The van der Waals surface area contributed by atoms with Gasteiger partial charge in [0.25, 0.3) is 0 Å². The third-order valence-electron chi connectivity index (χ3n) is 3.88. The first-order valence-electron chi connectivity index (χ1n) is 7.91. The van der Waals surface area contributed by atoms with Crippen molar-refractivity contribution in [1.29, 1.82) is 0 Å². The fraction of sp³-hybridized carbons (Fsp3) is 0.316. The first-order valence-corrected chi connectivity index (χ1v) is 8.28. The molecule has 136 valence electrons. The van der Waals surface area contributed by atoms with Gasteiger partial charge in [0.15, 0.2) is 0 Å². The van der Waals surface area contributed by atoms with Crippen LogP contribution in [-0.2, 0) is 6.54 Å². The lowest BCUT2D eigenvalue weighted by molar-refractivity contribution is 0.552. The monoisotopic (exact) mass is 383 g/mol. The molecule has 0 heterocycles. The average Bonchev–Trinajstić information content (AvgIpc) is 2.54. The van der Waals surface area contributed by atoms with Crippen molar-refractivity contribution < 1.29 is 4.39 Å². The molecule has 0 aliphatic heterocycles. The smallest absolute Gasteiger partial charge is 0.123 e. The van der Waals surface area contributed by atoms with E-state index in [1.807, 2.05) is 44.1 Å². The second kappa shape index (κ2) is 9.64. The molecule has 0 aliphatic carbocycles. The summed E-state index contributed by atoms with van der Waals surface area (Å²) in [5, 5.41) is 0.599. The van der Waals surface area contributed by atoms with Gasteiger partial charge >= 0.3 is 0 Å². The molecule has 2 rings (SSSR count). The number of halogens is 3. The predicted molar refractivity (Wildman–Crippen MR) is 108 cm³/mol. The Morgan fingerprint density at radius 1 is 1.20 bits per heavy atom. The van der Waals surface area contributed by atoms with Crippen molar-refractivity contribution in [3.63, 3.8) is 0 Å². The van der Waals surface area contributed by atoms with Crippen LogP contribution in [0, 0.1) is 12.7 Å². The lowest BCUT2D eigenvalue weighted by Gasteiger charge is -2.22. The summed E-state index contributed by atoms with van der Waals surface area (Å²) in [6.07, 6.45) is 1.77. The van der Waals surface area contributed by atoms with Gasteiger partial charge in [-0.15, -0.1) is 12.4 Å². The molecule has 2 aromatic rings. The molecule has 0 bridgehead atoms. The van der Waals surface area contributed by atoms with Crippen LogP contribution in [0.15, 0.2) is 41.4 Å². The summed E-state index contributed by atoms with van der Waals surface area (Å²) in [5.74, 6) is -0.222. The predicted octanol–water partition coefficient (Wildman–Crippen LogP) is 5.46. The maximum Gasteiger partial charge on any atom is 0.123 e. The second-order valence-electron chi connectivity index (χ2n) is 5.89. The number of aryl methyl sites for hydroxylation is 1. The number of hydrogen-bond donors (Lipinski definition) is 0. The Morgan fingerprint density at radius 3 is 2.56 bits per heavy atom. The van der Waals surface area contributed by atoms with Crippen LogP contribution in [0.3, 0.4) is 0 Å². The molecular formula is C19H24Cl2FN3. The molecule has 0 saturated heterocycles. The summed E-state index contributed by atoms with van der Waals surface area (Å²) in [4.78, 5) is 8.47. The van der Waals surface area contributed by atoms with E-state index in [4.69, 9.17) is 11.6 Å². The van der Waals surface area contributed by atoms with E-state index in [9.17, 15) is 4.39 Å². The SMILES string of the molecule is CCN(C)C=Nc1cc(C)c(N(C)Cc2cccc(F)c2)cc1Cl.Cl. The molecule has 0 atom stereocenters. The number of aliphatic imine (C=N–C) groups is 1. The van der Waals surface area contributed by atoms with Crippen molar-refractivity contribution in [3.8, 4) is 0 Å². The lowest BCUT2D eigenvalue weighted by Crippen LogP contribution is -2.17. The number of benzene rings is 2. The van der Waals surface area contributed by atoms with Crippen LogP contribution in [-0.4, -0.2) is 31.9 Å². The highest BCUT2D eigenvalue weighted by Crippen LogP contribution is 2.33.